The van der Waals surface area contributed by atoms with E-state index in [-0.39, 0.29) is 12.0 Å². The second-order valence-corrected chi connectivity index (χ2v) is 5.56. The van der Waals surface area contributed by atoms with E-state index in [2.05, 4.69) is 10.3 Å². The van der Waals surface area contributed by atoms with Crippen LogP contribution >= 0.6 is 0 Å². The number of hydrogen-bond donors (Lipinski definition) is 1. The van der Waals surface area contributed by atoms with Gasteiger partial charge in [-0.3, -0.25) is 14.7 Å². The average Bonchev–Trinajstić information content (AvgIpc) is 2.84. The van der Waals surface area contributed by atoms with Crippen LogP contribution in [0.1, 0.15) is 11.1 Å². The molecule has 24 heavy (non-hydrogen) atoms. The highest BCUT2D eigenvalue weighted by molar-refractivity contribution is 6.04. The van der Waals surface area contributed by atoms with E-state index in [4.69, 9.17) is 0 Å². The lowest BCUT2D eigenvalue weighted by Crippen LogP contribution is -2.40. The van der Waals surface area contributed by atoms with Gasteiger partial charge in [-0.1, -0.05) is 30.3 Å². The molecule has 1 atom stereocenters. The molecule has 5 nitrogen and oxygen atoms in total. The number of benzene rings is 1. The number of imide groups is 1. The Labute approximate surface area is 137 Å². The van der Waals surface area contributed by atoms with Crippen LogP contribution in [0.3, 0.4) is 0 Å². The van der Waals surface area contributed by atoms with E-state index in [1.54, 1.807) is 30.6 Å². The van der Waals surface area contributed by atoms with Crippen molar-refractivity contribution in [3.8, 4) is 0 Å². The van der Waals surface area contributed by atoms with Crippen molar-refractivity contribution < 1.29 is 18.4 Å². The van der Waals surface area contributed by atoms with Gasteiger partial charge in [0, 0.05) is 24.4 Å². The Morgan fingerprint density at radius 2 is 1.75 bits per heavy atom. The molecule has 1 aromatic heterocycles. The first-order valence-corrected chi connectivity index (χ1v) is 7.41. The monoisotopic (exact) mass is 331 g/mol. The van der Waals surface area contributed by atoms with Gasteiger partial charge >= 0.3 is 6.03 Å². The van der Waals surface area contributed by atoms with Crippen molar-refractivity contribution in [1.82, 2.24) is 15.2 Å². The van der Waals surface area contributed by atoms with E-state index in [9.17, 15) is 18.4 Å². The predicted octanol–water partition coefficient (Wildman–Crippen LogP) is 2.34. The lowest BCUT2D eigenvalue weighted by Gasteiger charge is -2.21. The van der Waals surface area contributed by atoms with E-state index < -0.39 is 30.4 Å². The maximum absolute atomic E-state index is 14.3. The standard InChI is InChI=1S/C17H15F2N3O2/c18-17(19,13-4-2-1-3-5-13)11-22-15(23)14(21-16(22)24)10-12-6-8-20-9-7-12/h1-9,14H,10-11H2,(H,21,24). The van der Waals surface area contributed by atoms with Gasteiger partial charge in [0.05, 0.1) is 6.54 Å². The molecule has 2 heterocycles. The molecule has 2 aromatic rings. The summed E-state index contributed by atoms with van der Waals surface area (Å²) < 4.78 is 28.7. The van der Waals surface area contributed by atoms with Crippen LogP contribution < -0.4 is 5.32 Å². The molecule has 1 unspecified atom stereocenters. The number of carbonyl (C=O) groups excluding carboxylic acids is 2. The number of urea groups is 1. The molecule has 1 aliphatic heterocycles. The Morgan fingerprint density at radius 3 is 2.42 bits per heavy atom. The van der Waals surface area contributed by atoms with E-state index in [1.807, 2.05) is 0 Å². The van der Waals surface area contributed by atoms with Crippen molar-refractivity contribution in [2.45, 2.75) is 18.4 Å². The minimum absolute atomic E-state index is 0.233. The fourth-order valence-electron chi connectivity index (χ4n) is 2.59. The third-order valence-electron chi connectivity index (χ3n) is 3.85. The molecule has 0 radical (unpaired) electrons. The highest BCUT2D eigenvalue weighted by atomic mass is 19.3. The maximum atomic E-state index is 14.3. The number of halogens is 2. The lowest BCUT2D eigenvalue weighted by atomic mass is 10.1. The zero-order chi connectivity index (χ0) is 17.2. The predicted molar refractivity (Wildman–Crippen MR) is 82.3 cm³/mol. The molecular formula is C17H15F2N3O2. The summed E-state index contributed by atoms with van der Waals surface area (Å²) in [7, 11) is 0. The third kappa shape index (κ3) is 3.24. The van der Waals surface area contributed by atoms with Crippen LogP contribution in [0.15, 0.2) is 54.9 Å². The van der Waals surface area contributed by atoms with Gasteiger partial charge in [-0.25, -0.2) is 4.79 Å². The van der Waals surface area contributed by atoms with E-state index in [1.165, 1.54) is 24.3 Å². The molecule has 1 aromatic carbocycles. The summed E-state index contributed by atoms with van der Waals surface area (Å²) in [6, 6.07) is 8.92. The van der Waals surface area contributed by atoms with Gasteiger partial charge in [0.15, 0.2) is 0 Å². The Hall–Kier alpha value is -2.83. The van der Waals surface area contributed by atoms with Gasteiger partial charge in [0.2, 0.25) is 0 Å². The van der Waals surface area contributed by atoms with Crippen molar-refractivity contribution in [2.75, 3.05) is 6.54 Å². The second-order valence-electron chi connectivity index (χ2n) is 5.56. The Morgan fingerprint density at radius 1 is 1.08 bits per heavy atom. The number of amides is 3. The van der Waals surface area contributed by atoms with Crippen LogP contribution in [0.4, 0.5) is 13.6 Å². The van der Waals surface area contributed by atoms with Crippen molar-refractivity contribution >= 4 is 11.9 Å². The second kappa shape index (κ2) is 6.35. The van der Waals surface area contributed by atoms with Crippen molar-refractivity contribution in [1.29, 1.82) is 0 Å². The first-order valence-electron chi connectivity index (χ1n) is 7.41. The molecule has 0 spiro atoms. The minimum atomic E-state index is -3.31. The van der Waals surface area contributed by atoms with Crippen LogP contribution in [-0.4, -0.2) is 34.4 Å². The fraction of sp³-hybridized carbons (Fsp3) is 0.235. The first kappa shape index (κ1) is 16.0. The molecule has 7 heteroatoms. The smallest absolute Gasteiger partial charge is 0.325 e. The fourth-order valence-corrected chi connectivity index (χ4v) is 2.59. The topological polar surface area (TPSA) is 62.3 Å². The highest BCUT2D eigenvalue weighted by Gasteiger charge is 2.44. The molecule has 3 rings (SSSR count). The summed E-state index contributed by atoms with van der Waals surface area (Å²) in [4.78, 5) is 28.7. The summed E-state index contributed by atoms with van der Waals surface area (Å²) in [5, 5.41) is 2.46. The molecule has 1 aliphatic rings. The number of aromatic nitrogens is 1. The lowest BCUT2D eigenvalue weighted by molar-refractivity contribution is -0.131. The first-order chi connectivity index (χ1) is 11.5. The molecule has 0 bridgehead atoms. The SMILES string of the molecule is O=C1NC(Cc2ccncc2)C(=O)N1CC(F)(F)c1ccccc1. The van der Waals surface area contributed by atoms with Gasteiger partial charge < -0.3 is 5.32 Å². The zero-order valence-electron chi connectivity index (χ0n) is 12.7. The number of nitrogens with zero attached hydrogens (tertiary/aromatic N) is 2. The normalized spacial score (nSPS) is 17.9. The quantitative estimate of drug-likeness (QED) is 0.856. The Kier molecular flexibility index (Phi) is 4.24. The number of rotatable bonds is 5. The van der Waals surface area contributed by atoms with Crippen LogP contribution in [0.2, 0.25) is 0 Å². The number of pyridine rings is 1. The molecule has 0 saturated carbocycles. The van der Waals surface area contributed by atoms with Crippen molar-refractivity contribution in [3.63, 3.8) is 0 Å². The van der Waals surface area contributed by atoms with Gasteiger partial charge in [0.1, 0.15) is 6.04 Å². The zero-order valence-corrected chi connectivity index (χ0v) is 12.7. The summed E-state index contributed by atoms with van der Waals surface area (Å²) >= 11 is 0. The Balaban J connectivity index is 1.73. The largest absolute Gasteiger partial charge is 0.325 e. The van der Waals surface area contributed by atoms with Crippen molar-refractivity contribution in [2.24, 2.45) is 0 Å². The molecule has 1 saturated heterocycles. The molecule has 1 fully saturated rings. The number of alkyl halides is 2. The highest BCUT2D eigenvalue weighted by Crippen LogP contribution is 2.30. The van der Waals surface area contributed by atoms with Crippen molar-refractivity contribution in [3.05, 3.63) is 66.0 Å². The van der Waals surface area contributed by atoms with Gasteiger partial charge in [-0.15, -0.1) is 0 Å². The molecular weight excluding hydrogens is 316 g/mol. The third-order valence-corrected chi connectivity index (χ3v) is 3.85. The van der Waals surface area contributed by atoms with Crippen LogP contribution in [0.5, 0.6) is 0 Å². The molecule has 124 valence electrons. The van der Waals surface area contributed by atoms with Crippen LogP contribution in [-0.2, 0) is 17.1 Å². The number of carbonyl (C=O) groups is 2. The summed E-state index contributed by atoms with van der Waals surface area (Å²) in [6.07, 6.45) is 3.37. The Bertz CT molecular complexity index is 738. The minimum Gasteiger partial charge on any atom is -0.325 e. The van der Waals surface area contributed by atoms with Gasteiger partial charge in [-0.2, -0.15) is 8.78 Å². The van der Waals surface area contributed by atoms with E-state index in [0.717, 1.165) is 5.56 Å². The van der Waals surface area contributed by atoms with E-state index in [0.29, 0.717) is 4.90 Å². The molecule has 1 N–H and O–H groups in total. The number of nitrogens with one attached hydrogen (secondary N) is 1. The van der Waals surface area contributed by atoms with E-state index >= 15 is 0 Å². The summed E-state index contributed by atoms with van der Waals surface area (Å²) in [6.45, 7) is -0.978. The average molecular weight is 331 g/mol. The maximum Gasteiger partial charge on any atom is 0.325 e. The van der Waals surface area contributed by atoms with Crippen LogP contribution in [0, 0.1) is 0 Å². The molecule has 3 amide bonds. The van der Waals surface area contributed by atoms with Gasteiger partial charge in [-0.05, 0) is 17.7 Å². The summed E-state index contributed by atoms with van der Waals surface area (Å²) in [5.41, 5.74) is 0.559. The van der Waals surface area contributed by atoms with Gasteiger partial charge in [0.25, 0.3) is 11.8 Å². The summed E-state index contributed by atoms with van der Waals surface area (Å²) in [5.74, 6) is -3.95. The van der Waals surface area contributed by atoms with Crippen LogP contribution in [0.25, 0.3) is 0 Å². The molecule has 0 aliphatic carbocycles. The number of hydrogen-bond acceptors (Lipinski definition) is 3.